The van der Waals surface area contributed by atoms with Crippen LogP contribution in [0.3, 0.4) is 0 Å². The van der Waals surface area contributed by atoms with Gasteiger partial charge in [-0.1, -0.05) is 25.9 Å². The summed E-state index contributed by atoms with van der Waals surface area (Å²) >= 11 is 0. The highest BCUT2D eigenvalue weighted by molar-refractivity contribution is 8.32. The molecule has 1 unspecified atom stereocenters. The van der Waals surface area contributed by atoms with Crippen LogP contribution in [-0.4, -0.2) is 24.1 Å². The van der Waals surface area contributed by atoms with Crippen molar-refractivity contribution in [3.05, 3.63) is 22.5 Å². The fourth-order valence-corrected chi connectivity index (χ4v) is 3.79. The van der Waals surface area contributed by atoms with Crippen molar-refractivity contribution in [3.63, 3.8) is 0 Å². The third kappa shape index (κ3) is 5.22. The van der Waals surface area contributed by atoms with Crippen LogP contribution >= 0.6 is 10.9 Å². The zero-order valence-corrected chi connectivity index (χ0v) is 13.6. The van der Waals surface area contributed by atoms with Crippen LogP contribution in [-0.2, 0) is 4.84 Å². The van der Waals surface area contributed by atoms with E-state index < -0.39 is 22.8 Å². The summed E-state index contributed by atoms with van der Waals surface area (Å²) < 4.78 is 37.2. The Morgan fingerprint density at radius 2 is 2.05 bits per heavy atom. The Hall–Kier alpha value is -1.24. The minimum absolute atomic E-state index is 0.194. The number of thiol groups is 1. The summed E-state index contributed by atoms with van der Waals surface area (Å²) in [4.78, 5) is 10.2. The van der Waals surface area contributed by atoms with Gasteiger partial charge in [0.05, 0.1) is 11.9 Å². The first kappa shape index (κ1) is 17.8. The number of halogens is 3. The van der Waals surface area contributed by atoms with E-state index >= 15 is 0 Å². The largest absolute Gasteiger partial charge is 0.396 e. The smallest absolute Gasteiger partial charge is 0.301 e. The summed E-state index contributed by atoms with van der Waals surface area (Å²) in [6.45, 7) is 8.28. The van der Waals surface area contributed by atoms with Crippen molar-refractivity contribution in [1.82, 2.24) is 0 Å². The van der Waals surface area contributed by atoms with Crippen LogP contribution < -0.4 is 0 Å². The van der Waals surface area contributed by atoms with E-state index in [2.05, 4.69) is 10.1 Å². The van der Waals surface area contributed by atoms with E-state index in [-0.39, 0.29) is 17.6 Å². The summed E-state index contributed by atoms with van der Waals surface area (Å²) in [5.74, 6) is -1.06. The summed E-state index contributed by atoms with van der Waals surface area (Å²) in [6.07, 6.45) is -0.953. The minimum atomic E-state index is -2.24. The second kappa shape index (κ2) is 7.68. The molecule has 1 rings (SSSR count). The van der Waals surface area contributed by atoms with Gasteiger partial charge in [-0.05, 0) is 12.7 Å². The van der Waals surface area contributed by atoms with Crippen molar-refractivity contribution in [3.8, 4) is 0 Å². The molecule has 0 fully saturated rings. The molecule has 120 valence electrons. The molecule has 3 nitrogen and oxygen atoms in total. The Morgan fingerprint density at radius 3 is 2.57 bits per heavy atom. The summed E-state index contributed by atoms with van der Waals surface area (Å²) in [6, 6.07) is 0. The van der Waals surface area contributed by atoms with Crippen molar-refractivity contribution in [2.75, 3.05) is 12.4 Å². The molecule has 21 heavy (non-hydrogen) atoms. The first-order chi connectivity index (χ1) is 9.77. The van der Waals surface area contributed by atoms with E-state index in [1.807, 2.05) is 27.7 Å². The normalized spacial score (nSPS) is 20.4. The minimum Gasteiger partial charge on any atom is -0.396 e. The van der Waals surface area contributed by atoms with Crippen LogP contribution in [0.2, 0.25) is 0 Å². The maximum Gasteiger partial charge on any atom is 0.301 e. The van der Waals surface area contributed by atoms with Crippen LogP contribution in [0.1, 0.15) is 34.1 Å². The highest BCUT2D eigenvalue weighted by Crippen LogP contribution is 2.46. The molecule has 1 heterocycles. The molecule has 0 saturated heterocycles. The van der Waals surface area contributed by atoms with E-state index in [9.17, 15) is 13.2 Å². The van der Waals surface area contributed by atoms with Crippen molar-refractivity contribution in [1.29, 1.82) is 0 Å². The number of nitrogens with zero attached hydrogens (tertiary/aromatic N) is 2. The monoisotopic (exact) mass is 322 g/mol. The third-order valence-electron chi connectivity index (χ3n) is 2.74. The molecule has 0 aromatic rings. The number of hydrogen-bond acceptors (Lipinski definition) is 3. The van der Waals surface area contributed by atoms with Crippen molar-refractivity contribution in [2.24, 2.45) is 15.6 Å². The van der Waals surface area contributed by atoms with Gasteiger partial charge in [0.15, 0.2) is 5.83 Å². The lowest BCUT2D eigenvalue weighted by Crippen LogP contribution is -2.09. The predicted molar refractivity (Wildman–Crippen MR) is 83.9 cm³/mol. The molecule has 0 amide bonds. The van der Waals surface area contributed by atoms with Gasteiger partial charge in [-0.2, -0.15) is 19.7 Å². The molecule has 1 atom stereocenters. The van der Waals surface area contributed by atoms with Gasteiger partial charge in [-0.25, -0.2) is 4.39 Å². The van der Waals surface area contributed by atoms with E-state index in [0.717, 1.165) is 10.6 Å². The quantitative estimate of drug-likeness (QED) is 0.426. The van der Waals surface area contributed by atoms with Crippen LogP contribution in [0.25, 0.3) is 0 Å². The number of allylic oxidation sites excluding steroid dienone is 3. The molecular formula is C14H21F3N2OS. The van der Waals surface area contributed by atoms with Gasteiger partial charge >= 0.3 is 6.08 Å². The fraction of sp³-hybridized carbons (Fsp3) is 0.571. The Labute approximate surface area is 126 Å². The van der Waals surface area contributed by atoms with Crippen molar-refractivity contribution in [2.45, 2.75) is 34.1 Å². The van der Waals surface area contributed by atoms with Crippen molar-refractivity contribution >= 4 is 22.7 Å². The lowest BCUT2D eigenvalue weighted by Gasteiger charge is -2.21. The first-order valence-electron chi connectivity index (χ1n) is 6.68. The number of oxime groups is 1. The Balaban J connectivity index is 2.92. The fourth-order valence-electron chi connectivity index (χ4n) is 1.76. The Bertz CT molecular complexity index is 489. The van der Waals surface area contributed by atoms with Gasteiger partial charge in [0.1, 0.15) is 6.61 Å². The molecule has 0 saturated carbocycles. The van der Waals surface area contributed by atoms with Gasteiger partial charge in [-0.15, -0.1) is 0 Å². The van der Waals surface area contributed by atoms with E-state index in [1.165, 1.54) is 0 Å². The second-order valence-corrected chi connectivity index (χ2v) is 7.59. The van der Waals surface area contributed by atoms with Crippen molar-refractivity contribution < 1.29 is 18.0 Å². The number of rotatable bonds is 6. The zero-order valence-electron chi connectivity index (χ0n) is 12.7. The molecule has 0 bridgehead atoms. The molecule has 0 aromatic heterocycles. The standard InChI is InChI=1S/C14H21F3N2OS/c1-5-20-19-8-11-12(14(2,3)4)18-9-21(11)7-6-10(15)13(16)17/h8-9,21H,5-7H2,1-4H3. The molecule has 1 aliphatic rings. The second-order valence-electron chi connectivity index (χ2n) is 5.49. The average Bonchev–Trinajstić information content (AvgIpc) is 2.79. The lowest BCUT2D eigenvalue weighted by atomic mass is 9.92. The first-order valence-corrected chi connectivity index (χ1v) is 8.27. The highest BCUT2D eigenvalue weighted by atomic mass is 32.2. The lowest BCUT2D eigenvalue weighted by molar-refractivity contribution is 0.160. The number of aliphatic imine (C=N–C) groups is 1. The van der Waals surface area contributed by atoms with Crippen LogP contribution in [0.15, 0.2) is 32.7 Å². The molecule has 7 heteroatoms. The van der Waals surface area contributed by atoms with Gasteiger partial charge < -0.3 is 4.84 Å². The van der Waals surface area contributed by atoms with E-state index in [4.69, 9.17) is 4.84 Å². The van der Waals surface area contributed by atoms with Gasteiger partial charge in [0.2, 0.25) is 0 Å². The molecule has 0 radical (unpaired) electrons. The van der Waals surface area contributed by atoms with Crippen LogP contribution in [0.4, 0.5) is 13.2 Å². The SMILES string of the molecule is CCON=CC1=C(C(C)(C)C)N=C[SH]1CCC(F)=C(F)F. The van der Waals surface area contributed by atoms with E-state index in [1.54, 1.807) is 11.8 Å². The maximum absolute atomic E-state index is 13.0. The topological polar surface area (TPSA) is 34.0 Å². The Morgan fingerprint density at radius 1 is 1.38 bits per heavy atom. The maximum atomic E-state index is 13.0. The summed E-state index contributed by atoms with van der Waals surface area (Å²) in [7, 11) is -0.935. The summed E-state index contributed by atoms with van der Waals surface area (Å²) in [5.41, 5.74) is 2.38. The highest BCUT2D eigenvalue weighted by Gasteiger charge is 2.27. The van der Waals surface area contributed by atoms with Gasteiger partial charge in [0.25, 0.3) is 0 Å². The average molecular weight is 322 g/mol. The zero-order chi connectivity index (χ0) is 16.0. The molecule has 0 spiro atoms. The van der Waals surface area contributed by atoms with E-state index in [0.29, 0.717) is 6.61 Å². The van der Waals surface area contributed by atoms with Crippen LogP contribution in [0.5, 0.6) is 0 Å². The molecule has 1 aliphatic heterocycles. The van der Waals surface area contributed by atoms with Gasteiger partial charge in [-0.3, -0.25) is 4.99 Å². The molecular weight excluding hydrogens is 301 g/mol. The van der Waals surface area contributed by atoms with Crippen LogP contribution in [0, 0.1) is 5.41 Å². The molecule has 0 aliphatic carbocycles. The van der Waals surface area contributed by atoms with Gasteiger partial charge in [0, 0.05) is 22.3 Å². The summed E-state index contributed by atoms with van der Waals surface area (Å²) in [5, 5.41) is 3.85. The molecule has 0 aromatic carbocycles. The number of hydrogen-bond donors (Lipinski definition) is 1. The Kier molecular flexibility index (Phi) is 6.51. The third-order valence-corrected chi connectivity index (χ3v) is 4.79. The molecule has 0 N–H and O–H groups in total. The predicted octanol–water partition coefficient (Wildman–Crippen LogP) is 4.78.